The predicted octanol–water partition coefficient (Wildman–Crippen LogP) is 4.61. The topological polar surface area (TPSA) is 88.9 Å². The third kappa shape index (κ3) is 6.32. The molecule has 2 amide bonds. The fourth-order valence-electron chi connectivity index (χ4n) is 3.22. The van der Waals surface area contributed by atoms with Gasteiger partial charge in [-0.1, -0.05) is 41.6 Å². The van der Waals surface area contributed by atoms with Crippen LogP contribution in [0.25, 0.3) is 0 Å². The van der Waals surface area contributed by atoms with Gasteiger partial charge in [-0.15, -0.1) is 16.8 Å². The molecule has 1 aromatic heterocycles. The molecule has 0 aliphatic rings. The summed E-state index contributed by atoms with van der Waals surface area (Å²) < 4.78 is 1.86. The molecule has 0 radical (unpaired) electrons. The zero-order valence-electron chi connectivity index (χ0n) is 19.4. The number of hydrogen-bond donors (Lipinski definition) is 2. The largest absolute Gasteiger partial charge is 0.342 e. The van der Waals surface area contributed by atoms with Crippen LogP contribution in [-0.4, -0.2) is 32.3 Å². The zero-order chi connectivity index (χ0) is 24.0. The van der Waals surface area contributed by atoms with E-state index < -0.39 is 0 Å². The van der Waals surface area contributed by atoms with Crippen LogP contribution in [0.15, 0.2) is 60.3 Å². The Morgan fingerprint density at radius 3 is 2.48 bits per heavy atom. The molecule has 7 nitrogen and oxygen atoms in total. The summed E-state index contributed by atoms with van der Waals surface area (Å²) in [7, 11) is 0. The minimum absolute atomic E-state index is 0.126. The molecule has 1 heterocycles. The Balaban J connectivity index is 1.65. The monoisotopic (exact) mass is 463 g/mol. The van der Waals surface area contributed by atoms with Gasteiger partial charge in [-0.05, 0) is 63.1 Å². The number of aromatic nitrogens is 3. The first-order valence-corrected chi connectivity index (χ1v) is 11.7. The molecule has 0 unspecified atom stereocenters. The van der Waals surface area contributed by atoms with E-state index >= 15 is 0 Å². The number of rotatable bonds is 9. The third-order valence-electron chi connectivity index (χ3n) is 5.23. The summed E-state index contributed by atoms with van der Waals surface area (Å²) in [5.74, 6) is 0.482. The maximum Gasteiger partial charge on any atom is 0.251 e. The van der Waals surface area contributed by atoms with Gasteiger partial charge in [0.05, 0.1) is 11.8 Å². The normalized spacial score (nSPS) is 11.6. The first-order chi connectivity index (χ1) is 15.8. The Hall–Kier alpha value is -3.39. The van der Waals surface area contributed by atoms with Gasteiger partial charge in [0.25, 0.3) is 5.91 Å². The van der Waals surface area contributed by atoms with Gasteiger partial charge in [0.15, 0.2) is 11.0 Å². The molecule has 2 aromatic carbocycles. The first-order valence-electron chi connectivity index (χ1n) is 10.7. The standard InChI is InChI=1S/C25H29N5O2S/c1-6-13-30-23(19(5)26-24(32)20-10-7-16(2)8-11-20)28-29-25(30)33-15-22(31)27-21-12-9-17(3)18(4)14-21/h6-12,14,19H,1,13,15H2,2-5H3,(H,26,32)(H,27,31)/t19-/m0/s1. The summed E-state index contributed by atoms with van der Waals surface area (Å²) in [6.45, 7) is 12.2. The van der Waals surface area contributed by atoms with Crippen molar-refractivity contribution < 1.29 is 9.59 Å². The smallest absolute Gasteiger partial charge is 0.251 e. The number of nitrogens with one attached hydrogen (secondary N) is 2. The lowest BCUT2D eigenvalue weighted by Crippen LogP contribution is -2.28. The van der Waals surface area contributed by atoms with E-state index in [1.165, 1.54) is 17.3 Å². The van der Waals surface area contributed by atoms with Gasteiger partial charge in [0.2, 0.25) is 5.91 Å². The molecule has 0 aliphatic carbocycles. The molecule has 1 atom stereocenters. The van der Waals surface area contributed by atoms with Gasteiger partial charge in [0.1, 0.15) is 0 Å². The van der Waals surface area contributed by atoms with E-state index in [1.54, 1.807) is 18.2 Å². The van der Waals surface area contributed by atoms with E-state index in [-0.39, 0.29) is 23.6 Å². The molecule has 8 heteroatoms. The van der Waals surface area contributed by atoms with Crippen LogP contribution in [0.1, 0.15) is 45.8 Å². The number of benzene rings is 2. The number of aryl methyl sites for hydroxylation is 3. The number of hydrogen-bond acceptors (Lipinski definition) is 5. The first kappa shape index (κ1) is 24.3. The Labute approximate surface area is 198 Å². The van der Waals surface area contributed by atoms with Crippen LogP contribution < -0.4 is 10.6 Å². The van der Waals surface area contributed by atoms with Crippen molar-refractivity contribution in [1.82, 2.24) is 20.1 Å². The molecule has 172 valence electrons. The molecule has 0 saturated heterocycles. The number of carbonyl (C=O) groups excluding carboxylic acids is 2. The van der Waals surface area contributed by atoms with E-state index in [0.29, 0.717) is 23.1 Å². The quantitative estimate of drug-likeness (QED) is 0.357. The Kier molecular flexibility index (Phi) is 8.06. The Morgan fingerprint density at radius 1 is 1.09 bits per heavy atom. The summed E-state index contributed by atoms with van der Waals surface area (Å²) in [6, 6.07) is 12.8. The second-order valence-electron chi connectivity index (χ2n) is 7.94. The van der Waals surface area contributed by atoms with Crippen LogP contribution in [-0.2, 0) is 11.3 Å². The van der Waals surface area contributed by atoms with Crippen molar-refractivity contribution in [3.05, 3.63) is 83.2 Å². The average molecular weight is 464 g/mol. The second-order valence-corrected chi connectivity index (χ2v) is 8.88. The van der Waals surface area contributed by atoms with E-state index in [2.05, 4.69) is 27.4 Å². The van der Waals surface area contributed by atoms with Gasteiger partial charge < -0.3 is 15.2 Å². The van der Waals surface area contributed by atoms with Crippen LogP contribution in [0.5, 0.6) is 0 Å². The summed E-state index contributed by atoms with van der Waals surface area (Å²) >= 11 is 1.29. The maximum atomic E-state index is 12.6. The van der Waals surface area contributed by atoms with Crippen LogP contribution in [0.2, 0.25) is 0 Å². The van der Waals surface area contributed by atoms with Crippen LogP contribution in [0.3, 0.4) is 0 Å². The van der Waals surface area contributed by atoms with E-state index in [9.17, 15) is 9.59 Å². The fraction of sp³-hybridized carbons (Fsp3) is 0.280. The zero-order valence-corrected chi connectivity index (χ0v) is 20.2. The van der Waals surface area contributed by atoms with E-state index in [1.807, 2.05) is 62.6 Å². The lowest BCUT2D eigenvalue weighted by Gasteiger charge is -2.15. The minimum atomic E-state index is -0.370. The number of carbonyl (C=O) groups is 2. The van der Waals surface area contributed by atoms with Crippen LogP contribution >= 0.6 is 11.8 Å². The molecule has 3 aromatic rings. The SMILES string of the molecule is C=CCn1c(SCC(=O)Nc2ccc(C)c(C)c2)nnc1[C@H](C)NC(=O)c1ccc(C)cc1. The van der Waals surface area contributed by atoms with Crippen molar-refractivity contribution in [2.24, 2.45) is 0 Å². The molecular weight excluding hydrogens is 434 g/mol. The highest BCUT2D eigenvalue weighted by atomic mass is 32.2. The molecule has 0 bridgehead atoms. The van der Waals surface area contributed by atoms with Crippen molar-refractivity contribution >= 4 is 29.3 Å². The molecule has 0 fully saturated rings. The molecular formula is C25H29N5O2S. The lowest BCUT2D eigenvalue weighted by molar-refractivity contribution is -0.113. The molecule has 3 rings (SSSR count). The summed E-state index contributed by atoms with van der Waals surface area (Å²) in [5.41, 5.74) is 4.74. The highest BCUT2D eigenvalue weighted by molar-refractivity contribution is 7.99. The van der Waals surface area contributed by atoms with Gasteiger partial charge in [-0.3, -0.25) is 9.59 Å². The maximum absolute atomic E-state index is 12.6. The van der Waals surface area contributed by atoms with Crippen molar-refractivity contribution in [2.75, 3.05) is 11.1 Å². The minimum Gasteiger partial charge on any atom is -0.342 e. The molecule has 33 heavy (non-hydrogen) atoms. The van der Waals surface area contributed by atoms with Crippen molar-refractivity contribution in [3.63, 3.8) is 0 Å². The van der Waals surface area contributed by atoms with Crippen molar-refractivity contribution in [1.29, 1.82) is 0 Å². The highest BCUT2D eigenvalue weighted by Crippen LogP contribution is 2.22. The average Bonchev–Trinajstić information content (AvgIpc) is 3.18. The summed E-state index contributed by atoms with van der Waals surface area (Å²) in [6.07, 6.45) is 1.74. The van der Waals surface area contributed by atoms with Crippen molar-refractivity contribution in [2.45, 2.75) is 45.4 Å². The van der Waals surface area contributed by atoms with Gasteiger partial charge in [-0.2, -0.15) is 0 Å². The predicted molar refractivity (Wildman–Crippen MR) is 133 cm³/mol. The Bertz CT molecular complexity index is 1150. The molecule has 2 N–H and O–H groups in total. The number of thioether (sulfide) groups is 1. The number of allylic oxidation sites excluding steroid dienone is 1. The fourth-order valence-corrected chi connectivity index (χ4v) is 3.98. The van der Waals surface area contributed by atoms with Crippen LogP contribution in [0, 0.1) is 20.8 Å². The summed E-state index contributed by atoms with van der Waals surface area (Å²) in [5, 5.41) is 15.0. The van der Waals surface area contributed by atoms with Gasteiger partial charge in [0, 0.05) is 17.8 Å². The highest BCUT2D eigenvalue weighted by Gasteiger charge is 2.20. The van der Waals surface area contributed by atoms with E-state index in [0.717, 1.165) is 16.8 Å². The summed E-state index contributed by atoms with van der Waals surface area (Å²) in [4.78, 5) is 25.1. The van der Waals surface area contributed by atoms with Crippen molar-refractivity contribution in [3.8, 4) is 0 Å². The van der Waals surface area contributed by atoms with Gasteiger partial charge >= 0.3 is 0 Å². The van der Waals surface area contributed by atoms with E-state index in [4.69, 9.17) is 0 Å². The number of nitrogens with zero attached hydrogens (tertiary/aromatic N) is 3. The van der Waals surface area contributed by atoms with Gasteiger partial charge in [-0.25, -0.2) is 0 Å². The Morgan fingerprint density at radius 2 is 1.82 bits per heavy atom. The number of amides is 2. The number of anilines is 1. The molecule has 0 aliphatic heterocycles. The molecule has 0 spiro atoms. The second kappa shape index (κ2) is 11.0. The van der Waals surface area contributed by atoms with Crippen LogP contribution in [0.4, 0.5) is 5.69 Å². The lowest BCUT2D eigenvalue weighted by atomic mass is 10.1. The third-order valence-corrected chi connectivity index (χ3v) is 6.20. The molecule has 0 saturated carbocycles.